The number of oxazole rings is 1. The molecule has 2 heterocycles. The molecular formula is C14H16N4O3. The summed E-state index contributed by atoms with van der Waals surface area (Å²) in [5.74, 6) is 0.248. The van der Waals surface area contributed by atoms with Gasteiger partial charge in [-0.25, -0.2) is 4.98 Å². The van der Waals surface area contributed by atoms with Gasteiger partial charge in [0.25, 0.3) is 0 Å². The fraction of sp³-hybridized carbons (Fsp3) is 0.357. The van der Waals surface area contributed by atoms with Gasteiger partial charge in [-0.1, -0.05) is 0 Å². The predicted octanol–water partition coefficient (Wildman–Crippen LogP) is 0.601. The zero-order valence-electron chi connectivity index (χ0n) is 11.7. The molecule has 7 nitrogen and oxygen atoms in total. The van der Waals surface area contributed by atoms with Crippen LogP contribution < -0.4 is 5.73 Å². The molecule has 110 valence electrons. The number of likely N-dealkylation sites (N-methyl/N-ethyl adjacent to an activating group) is 1. The molecule has 0 unspecified atom stereocenters. The molecule has 1 aliphatic rings. The van der Waals surface area contributed by atoms with Gasteiger partial charge >= 0.3 is 0 Å². The van der Waals surface area contributed by atoms with E-state index in [9.17, 15) is 9.59 Å². The molecule has 1 aromatic heterocycles. The molecule has 0 atom stereocenters. The second-order valence-electron chi connectivity index (χ2n) is 4.99. The van der Waals surface area contributed by atoms with E-state index in [-0.39, 0.29) is 31.4 Å². The zero-order chi connectivity index (χ0) is 15.0. The molecule has 1 saturated heterocycles. The topological polar surface area (TPSA) is 92.7 Å². The Morgan fingerprint density at radius 2 is 1.95 bits per heavy atom. The van der Waals surface area contributed by atoms with E-state index in [0.717, 1.165) is 0 Å². The minimum absolute atomic E-state index is 0.0579. The maximum atomic E-state index is 12.0. The normalized spacial score (nSPS) is 16.0. The number of hydrogen-bond donors (Lipinski definition) is 1. The number of nitrogen functional groups attached to an aromatic ring is 1. The second-order valence-corrected chi connectivity index (χ2v) is 4.99. The van der Waals surface area contributed by atoms with Gasteiger partial charge in [-0.05, 0) is 19.1 Å². The lowest BCUT2D eigenvalue weighted by Crippen LogP contribution is -2.53. The number of nitrogens with zero attached hydrogens (tertiary/aromatic N) is 3. The van der Waals surface area contributed by atoms with E-state index >= 15 is 0 Å². The quantitative estimate of drug-likeness (QED) is 0.835. The van der Waals surface area contributed by atoms with Crippen molar-refractivity contribution < 1.29 is 14.0 Å². The number of nitrogens with two attached hydrogens (primary N) is 1. The lowest BCUT2D eigenvalue weighted by atomic mass is 10.3. The van der Waals surface area contributed by atoms with Crippen molar-refractivity contribution in [2.24, 2.45) is 0 Å². The van der Waals surface area contributed by atoms with Crippen LogP contribution in [0.25, 0.3) is 11.1 Å². The van der Waals surface area contributed by atoms with Crippen LogP contribution in [0.2, 0.25) is 0 Å². The summed E-state index contributed by atoms with van der Waals surface area (Å²) in [4.78, 5) is 31.2. The van der Waals surface area contributed by atoms with E-state index in [2.05, 4.69) is 4.98 Å². The fourth-order valence-electron chi connectivity index (χ4n) is 2.35. The van der Waals surface area contributed by atoms with Gasteiger partial charge in [0.2, 0.25) is 17.7 Å². The van der Waals surface area contributed by atoms with Crippen LogP contribution in [-0.4, -0.2) is 46.2 Å². The van der Waals surface area contributed by atoms with Crippen molar-refractivity contribution in [3.8, 4) is 0 Å². The summed E-state index contributed by atoms with van der Waals surface area (Å²) in [7, 11) is 0. The van der Waals surface area contributed by atoms with Crippen molar-refractivity contribution >= 4 is 28.6 Å². The molecule has 7 heteroatoms. The van der Waals surface area contributed by atoms with Crippen molar-refractivity contribution in [1.29, 1.82) is 0 Å². The fourth-order valence-corrected chi connectivity index (χ4v) is 2.35. The Labute approximate surface area is 121 Å². The van der Waals surface area contributed by atoms with Gasteiger partial charge in [0.1, 0.15) is 12.1 Å². The Morgan fingerprint density at radius 1 is 1.24 bits per heavy atom. The van der Waals surface area contributed by atoms with Crippen LogP contribution in [0.5, 0.6) is 0 Å². The Kier molecular flexibility index (Phi) is 3.25. The van der Waals surface area contributed by atoms with Crippen LogP contribution in [0.4, 0.5) is 5.69 Å². The van der Waals surface area contributed by atoms with Crippen molar-refractivity contribution in [3.63, 3.8) is 0 Å². The first-order valence-corrected chi connectivity index (χ1v) is 6.77. The van der Waals surface area contributed by atoms with Crippen LogP contribution in [0, 0.1) is 0 Å². The molecule has 0 saturated carbocycles. The number of carbonyl (C=O) groups is 2. The Hall–Kier alpha value is -2.57. The molecule has 2 N–H and O–H groups in total. The Bertz CT molecular complexity index is 709. The first-order valence-electron chi connectivity index (χ1n) is 6.77. The summed E-state index contributed by atoms with van der Waals surface area (Å²) in [6.45, 7) is 2.76. The van der Waals surface area contributed by atoms with E-state index in [0.29, 0.717) is 29.2 Å². The smallest absolute Gasteiger partial charge is 0.243 e. The number of carbonyl (C=O) groups excluding carboxylic acids is 2. The molecule has 21 heavy (non-hydrogen) atoms. The summed E-state index contributed by atoms with van der Waals surface area (Å²) in [6.07, 6.45) is 0. The number of amides is 2. The van der Waals surface area contributed by atoms with Crippen molar-refractivity contribution in [2.45, 2.75) is 13.5 Å². The molecule has 0 aliphatic carbocycles. The number of piperazine rings is 1. The number of benzene rings is 1. The number of hydrogen-bond acceptors (Lipinski definition) is 5. The van der Waals surface area contributed by atoms with E-state index in [4.69, 9.17) is 10.2 Å². The van der Waals surface area contributed by atoms with Crippen LogP contribution in [0.15, 0.2) is 22.6 Å². The number of anilines is 1. The minimum atomic E-state index is -0.0989. The Morgan fingerprint density at radius 3 is 2.71 bits per heavy atom. The van der Waals surface area contributed by atoms with Gasteiger partial charge in [0.15, 0.2) is 5.58 Å². The van der Waals surface area contributed by atoms with Crippen LogP contribution >= 0.6 is 0 Å². The number of rotatable bonds is 3. The van der Waals surface area contributed by atoms with Crippen LogP contribution in [0.3, 0.4) is 0 Å². The summed E-state index contributed by atoms with van der Waals surface area (Å²) in [5.41, 5.74) is 7.54. The molecule has 1 aromatic carbocycles. The van der Waals surface area contributed by atoms with Crippen LogP contribution in [0.1, 0.15) is 12.8 Å². The third-order valence-corrected chi connectivity index (χ3v) is 3.52. The maximum Gasteiger partial charge on any atom is 0.243 e. The largest absolute Gasteiger partial charge is 0.439 e. The summed E-state index contributed by atoms with van der Waals surface area (Å²) in [6, 6.07) is 5.19. The maximum absolute atomic E-state index is 12.0. The standard InChI is InChI=1S/C14H16N4O3/c1-2-17-7-14(20)18(8-13(17)19)6-12-16-10-4-3-9(15)5-11(10)21-12/h3-5H,2,6-8,15H2,1H3. The predicted molar refractivity (Wildman–Crippen MR) is 76.1 cm³/mol. The van der Waals surface area contributed by atoms with E-state index in [1.165, 1.54) is 9.80 Å². The zero-order valence-corrected chi connectivity index (χ0v) is 11.7. The third-order valence-electron chi connectivity index (χ3n) is 3.52. The number of fused-ring (bicyclic) bond motifs is 1. The average molecular weight is 288 g/mol. The van der Waals surface area contributed by atoms with E-state index < -0.39 is 0 Å². The molecule has 0 spiro atoms. The van der Waals surface area contributed by atoms with Gasteiger partial charge in [-0.3, -0.25) is 9.59 Å². The van der Waals surface area contributed by atoms with E-state index in [1.54, 1.807) is 18.2 Å². The molecule has 1 aliphatic heterocycles. The minimum Gasteiger partial charge on any atom is -0.439 e. The molecule has 1 fully saturated rings. The first-order chi connectivity index (χ1) is 10.1. The lowest BCUT2D eigenvalue weighted by Gasteiger charge is -2.32. The highest BCUT2D eigenvalue weighted by atomic mass is 16.3. The van der Waals surface area contributed by atoms with Gasteiger partial charge < -0.3 is 20.0 Å². The van der Waals surface area contributed by atoms with Crippen molar-refractivity contribution in [2.75, 3.05) is 25.4 Å². The van der Waals surface area contributed by atoms with Crippen molar-refractivity contribution in [3.05, 3.63) is 24.1 Å². The highest BCUT2D eigenvalue weighted by Gasteiger charge is 2.29. The first kappa shape index (κ1) is 13.4. The highest BCUT2D eigenvalue weighted by molar-refractivity contribution is 5.92. The molecule has 2 amide bonds. The lowest BCUT2D eigenvalue weighted by molar-refractivity contribution is -0.150. The van der Waals surface area contributed by atoms with E-state index in [1.807, 2.05) is 6.92 Å². The van der Waals surface area contributed by atoms with Gasteiger partial charge in [-0.15, -0.1) is 0 Å². The number of aromatic nitrogens is 1. The van der Waals surface area contributed by atoms with Gasteiger partial charge in [0, 0.05) is 18.3 Å². The third kappa shape index (κ3) is 2.54. The average Bonchev–Trinajstić information content (AvgIpc) is 2.83. The Balaban J connectivity index is 1.78. The van der Waals surface area contributed by atoms with Crippen molar-refractivity contribution in [1.82, 2.24) is 14.8 Å². The second kappa shape index (κ2) is 5.08. The highest BCUT2D eigenvalue weighted by Crippen LogP contribution is 2.20. The molecular weight excluding hydrogens is 272 g/mol. The SMILES string of the molecule is CCN1CC(=O)N(Cc2nc3ccc(N)cc3o2)CC1=O. The molecule has 3 rings (SSSR count). The summed E-state index contributed by atoms with van der Waals surface area (Å²) < 4.78 is 5.58. The molecule has 0 radical (unpaired) electrons. The monoisotopic (exact) mass is 288 g/mol. The molecule has 0 bridgehead atoms. The summed E-state index contributed by atoms with van der Waals surface area (Å²) in [5, 5.41) is 0. The van der Waals surface area contributed by atoms with Gasteiger partial charge in [0.05, 0.1) is 13.1 Å². The van der Waals surface area contributed by atoms with Gasteiger partial charge in [-0.2, -0.15) is 0 Å². The molecule has 2 aromatic rings. The van der Waals surface area contributed by atoms with Crippen LogP contribution in [-0.2, 0) is 16.1 Å². The summed E-state index contributed by atoms with van der Waals surface area (Å²) >= 11 is 0.